The van der Waals surface area contributed by atoms with Crippen molar-refractivity contribution in [1.82, 2.24) is 0 Å². The van der Waals surface area contributed by atoms with Crippen LogP contribution in [0.25, 0.3) is 22.3 Å². The smallest absolute Gasteiger partial charge is 0.193 e. The molecule has 4 rings (SSSR count). The third-order valence-electron chi connectivity index (χ3n) is 9.80. The van der Waals surface area contributed by atoms with Gasteiger partial charge in [-0.25, -0.2) is 0 Å². The lowest BCUT2D eigenvalue weighted by Crippen LogP contribution is -1.96. The van der Waals surface area contributed by atoms with Crippen molar-refractivity contribution in [2.45, 2.75) is 159 Å². The van der Waals surface area contributed by atoms with Crippen LogP contribution >= 0.6 is 23.5 Å². The van der Waals surface area contributed by atoms with Gasteiger partial charge in [-0.2, -0.15) is 0 Å². The Morgan fingerprint density at radius 3 is 1.00 bits per heavy atom. The predicted octanol–water partition coefficient (Wildman–Crippen LogP) is 16.2. The Bertz CT molecular complexity index is 1620. The zero-order chi connectivity index (χ0) is 40.8. The first kappa shape index (κ1) is 47.9. The molecule has 0 saturated heterocycles. The van der Waals surface area contributed by atoms with E-state index in [0.717, 1.165) is 84.2 Å². The highest BCUT2D eigenvalue weighted by Gasteiger charge is 2.08. The molecule has 0 heterocycles. The van der Waals surface area contributed by atoms with Crippen LogP contribution in [0.4, 0.5) is 0 Å². The van der Waals surface area contributed by atoms with Crippen LogP contribution in [0.3, 0.4) is 0 Å². The van der Waals surface area contributed by atoms with Gasteiger partial charge in [0.25, 0.3) is 0 Å². The van der Waals surface area contributed by atoms with Gasteiger partial charge in [0.2, 0.25) is 0 Å². The van der Waals surface area contributed by atoms with E-state index in [-0.39, 0.29) is 10.2 Å². The van der Waals surface area contributed by atoms with Crippen LogP contribution in [-0.2, 0) is 9.59 Å². The third-order valence-corrected chi connectivity index (χ3v) is 11.7. The minimum atomic E-state index is 0.272. The van der Waals surface area contributed by atoms with E-state index in [1.807, 2.05) is 48.5 Å². The monoisotopic (exact) mass is 810 g/mol. The molecule has 0 aromatic heterocycles. The predicted molar refractivity (Wildman–Crippen MR) is 247 cm³/mol. The van der Waals surface area contributed by atoms with Gasteiger partial charge in [0.05, 0.1) is 13.2 Å². The van der Waals surface area contributed by atoms with Crippen LogP contribution in [0.15, 0.2) is 107 Å². The Kier molecular flexibility index (Phi) is 25.7. The lowest BCUT2D eigenvalue weighted by molar-refractivity contribution is -0.111. The van der Waals surface area contributed by atoms with Gasteiger partial charge in [0, 0.05) is 22.6 Å². The first-order chi connectivity index (χ1) is 27.9. The second-order valence-corrected chi connectivity index (χ2v) is 17.1. The van der Waals surface area contributed by atoms with Crippen molar-refractivity contribution in [2.75, 3.05) is 13.2 Å². The Morgan fingerprint density at radius 2 is 0.649 bits per heavy atom. The number of rotatable bonds is 27. The van der Waals surface area contributed by atoms with Crippen LogP contribution in [0.5, 0.6) is 11.5 Å². The molecule has 6 heteroatoms. The summed E-state index contributed by atoms with van der Waals surface area (Å²) in [5.41, 5.74) is 4.66. The van der Waals surface area contributed by atoms with Crippen molar-refractivity contribution in [1.29, 1.82) is 0 Å². The summed E-state index contributed by atoms with van der Waals surface area (Å²) in [5, 5.41) is 0.545. The van der Waals surface area contributed by atoms with E-state index in [9.17, 15) is 9.59 Å². The molecular formula is C51H70O4S2. The van der Waals surface area contributed by atoms with E-state index in [2.05, 4.69) is 76.2 Å². The molecule has 0 saturated carbocycles. The van der Waals surface area contributed by atoms with E-state index in [1.165, 1.54) is 105 Å². The van der Waals surface area contributed by atoms with Crippen molar-refractivity contribution in [3.05, 3.63) is 97.1 Å². The lowest BCUT2D eigenvalue weighted by Gasteiger charge is -2.08. The molecular weight excluding hydrogens is 741 g/mol. The van der Waals surface area contributed by atoms with Gasteiger partial charge >= 0.3 is 0 Å². The molecule has 0 aliphatic heterocycles. The molecule has 310 valence electrons. The molecule has 0 aliphatic rings. The molecule has 0 N–H and O–H groups in total. The molecule has 0 atom stereocenters. The van der Waals surface area contributed by atoms with E-state index in [0.29, 0.717) is 12.8 Å². The highest BCUT2D eigenvalue weighted by Crippen LogP contribution is 2.29. The standard InChI is InChI=1S/C26H36O2S.C25H34O2S/c1-3-5-7-9-10-12-26(27)29-25-19-15-23(16-20-25)22-13-17-24(18-14-22)28-21-11-8-6-4-2;1-3-5-7-8-9-11-25(26)28-24-18-14-22(15-19-24)21-12-16-23(17-13-21)27-20-10-6-4-2/h13-20H,3-12,21H2,1-2H3;12-19H,3-11,20H2,1-2H3. The summed E-state index contributed by atoms with van der Waals surface area (Å²) < 4.78 is 11.6. The Labute approximate surface area is 354 Å². The fourth-order valence-electron chi connectivity index (χ4n) is 6.29. The summed E-state index contributed by atoms with van der Waals surface area (Å²) in [6.07, 6.45) is 21.6. The minimum Gasteiger partial charge on any atom is -0.494 e. The maximum atomic E-state index is 12.1. The molecule has 0 amide bonds. The summed E-state index contributed by atoms with van der Waals surface area (Å²) in [4.78, 5) is 26.3. The number of ether oxygens (including phenoxy) is 2. The van der Waals surface area contributed by atoms with E-state index < -0.39 is 0 Å². The maximum absolute atomic E-state index is 12.1. The van der Waals surface area contributed by atoms with Crippen LogP contribution in [-0.4, -0.2) is 23.4 Å². The van der Waals surface area contributed by atoms with Crippen molar-refractivity contribution in [3.8, 4) is 33.8 Å². The molecule has 4 aromatic rings. The zero-order valence-corrected chi connectivity index (χ0v) is 37.2. The number of hydrogen-bond acceptors (Lipinski definition) is 6. The number of benzene rings is 4. The summed E-state index contributed by atoms with van der Waals surface area (Å²) >= 11 is 2.74. The highest BCUT2D eigenvalue weighted by atomic mass is 32.2. The first-order valence-corrected chi connectivity index (χ1v) is 23.7. The maximum Gasteiger partial charge on any atom is 0.193 e. The normalized spacial score (nSPS) is 10.8. The van der Waals surface area contributed by atoms with Crippen molar-refractivity contribution >= 4 is 33.8 Å². The fraction of sp³-hybridized carbons (Fsp3) is 0.490. The summed E-state index contributed by atoms with van der Waals surface area (Å²) in [6.45, 7) is 10.4. The second kappa shape index (κ2) is 30.6. The van der Waals surface area contributed by atoms with Crippen LogP contribution in [0, 0.1) is 0 Å². The molecule has 0 radical (unpaired) electrons. The Balaban J connectivity index is 0.000000306. The van der Waals surface area contributed by atoms with Crippen LogP contribution in [0.2, 0.25) is 0 Å². The van der Waals surface area contributed by atoms with Crippen molar-refractivity contribution in [2.24, 2.45) is 0 Å². The van der Waals surface area contributed by atoms with Crippen LogP contribution < -0.4 is 9.47 Å². The van der Waals surface area contributed by atoms with Crippen LogP contribution in [0.1, 0.15) is 150 Å². The van der Waals surface area contributed by atoms with Gasteiger partial charge in [-0.1, -0.05) is 183 Å². The minimum absolute atomic E-state index is 0.272. The SMILES string of the molecule is CCCCCCCC(=O)Sc1ccc(-c2ccc(OCCCCC)cc2)cc1.CCCCCCCC(=O)Sc1ccc(-c2ccc(OCCCCCC)cc2)cc1. The molecule has 57 heavy (non-hydrogen) atoms. The number of carbonyl (C=O) groups excluding carboxylic acids is 2. The van der Waals surface area contributed by atoms with E-state index >= 15 is 0 Å². The summed E-state index contributed by atoms with van der Waals surface area (Å²) in [5.74, 6) is 1.86. The van der Waals surface area contributed by atoms with Gasteiger partial charge in [-0.3, -0.25) is 9.59 Å². The Hall–Kier alpha value is -3.48. The van der Waals surface area contributed by atoms with Gasteiger partial charge in [0.1, 0.15) is 11.5 Å². The quantitative estimate of drug-likeness (QED) is 0.0442. The summed E-state index contributed by atoms with van der Waals surface area (Å²) in [6, 6.07) is 33.1. The third kappa shape index (κ3) is 21.2. The first-order valence-electron chi connectivity index (χ1n) is 22.0. The van der Waals surface area contributed by atoms with Gasteiger partial charge in [0.15, 0.2) is 10.2 Å². The number of thioether (sulfide) groups is 2. The van der Waals surface area contributed by atoms with E-state index in [4.69, 9.17) is 9.47 Å². The average molecular weight is 811 g/mol. The fourth-order valence-corrected chi connectivity index (χ4v) is 7.85. The summed E-state index contributed by atoms with van der Waals surface area (Å²) in [7, 11) is 0. The Morgan fingerprint density at radius 1 is 0.368 bits per heavy atom. The molecule has 0 aliphatic carbocycles. The molecule has 0 fully saturated rings. The second-order valence-electron chi connectivity index (χ2n) is 14.8. The van der Waals surface area contributed by atoms with Crippen molar-refractivity contribution < 1.29 is 19.1 Å². The number of unbranched alkanes of at least 4 members (excludes halogenated alkanes) is 13. The number of carbonyl (C=O) groups is 2. The highest BCUT2D eigenvalue weighted by molar-refractivity contribution is 8.13. The molecule has 0 spiro atoms. The zero-order valence-electron chi connectivity index (χ0n) is 35.5. The van der Waals surface area contributed by atoms with Gasteiger partial charge in [-0.05, 0) is 96.5 Å². The topological polar surface area (TPSA) is 52.6 Å². The number of hydrogen-bond donors (Lipinski definition) is 0. The van der Waals surface area contributed by atoms with Gasteiger partial charge in [-0.15, -0.1) is 0 Å². The average Bonchev–Trinajstić information content (AvgIpc) is 3.23. The molecule has 4 aromatic carbocycles. The lowest BCUT2D eigenvalue weighted by atomic mass is 10.1. The largest absolute Gasteiger partial charge is 0.494 e. The molecule has 4 nitrogen and oxygen atoms in total. The van der Waals surface area contributed by atoms with Crippen molar-refractivity contribution in [3.63, 3.8) is 0 Å². The molecule has 0 unspecified atom stereocenters. The van der Waals surface area contributed by atoms with E-state index in [1.54, 1.807) is 0 Å². The van der Waals surface area contributed by atoms with Gasteiger partial charge < -0.3 is 9.47 Å². The molecule has 0 bridgehead atoms.